The molecule has 1 amide bonds. The van der Waals surface area contributed by atoms with Gasteiger partial charge >= 0.3 is 0 Å². The molecule has 2 N–H and O–H groups in total. The van der Waals surface area contributed by atoms with Crippen LogP contribution in [0.25, 0.3) is 0 Å². The number of hydrogen-bond donors (Lipinski definition) is 2. The number of methoxy groups -OCH3 is 1. The number of hydrogen-bond acceptors (Lipinski definition) is 3. The van der Waals surface area contributed by atoms with E-state index >= 15 is 0 Å². The molecule has 4 heteroatoms. The minimum atomic E-state index is 0.114. The van der Waals surface area contributed by atoms with Crippen LogP contribution in [0.3, 0.4) is 0 Å². The smallest absolute Gasteiger partial charge is 0.224 e. The molecule has 1 aliphatic heterocycles. The summed E-state index contributed by atoms with van der Waals surface area (Å²) in [7, 11) is 1.70. The zero-order valence-corrected chi connectivity index (χ0v) is 11.1. The highest BCUT2D eigenvalue weighted by Crippen LogP contribution is 2.42. The summed E-state index contributed by atoms with van der Waals surface area (Å²) in [6.07, 6.45) is 3.46. The molecule has 2 rings (SSSR count). The summed E-state index contributed by atoms with van der Waals surface area (Å²) in [5.74, 6) is 0.379. The third kappa shape index (κ3) is 2.63. The maximum atomic E-state index is 12.3. The number of ether oxygens (including phenoxy) is 1. The van der Waals surface area contributed by atoms with E-state index in [1.165, 1.54) is 6.42 Å². The van der Waals surface area contributed by atoms with Gasteiger partial charge < -0.3 is 15.4 Å². The lowest BCUT2D eigenvalue weighted by Gasteiger charge is -2.28. The molecule has 0 spiro atoms. The Bertz CT molecular complexity index is 291. The van der Waals surface area contributed by atoms with Gasteiger partial charge in [0.15, 0.2) is 0 Å². The van der Waals surface area contributed by atoms with Gasteiger partial charge in [0.05, 0.1) is 12.1 Å². The fourth-order valence-corrected chi connectivity index (χ4v) is 3.14. The van der Waals surface area contributed by atoms with Crippen LogP contribution >= 0.6 is 0 Å². The van der Waals surface area contributed by atoms with Crippen molar-refractivity contribution in [3.8, 4) is 0 Å². The zero-order chi connectivity index (χ0) is 12.5. The molecule has 1 saturated heterocycles. The van der Waals surface area contributed by atoms with E-state index in [1.54, 1.807) is 7.11 Å². The molecule has 1 heterocycles. The van der Waals surface area contributed by atoms with Gasteiger partial charge in [-0.3, -0.25) is 4.79 Å². The molecule has 17 heavy (non-hydrogen) atoms. The van der Waals surface area contributed by atoms with Crippen LogP contribution in [0.5, 0.6) is 0 Å². The van der Waals surface area contributed by atoms with Gasteiger partial charge in [-0.2, -0.15) is 0 Å². The summed E-state index contributed by atoms with van der Waals surface area (Å²) in [5, 5.41) is 6.40. The maximum absolute atomic E-state index is 12.3. The van der Waals surface area contributed by atoms with Crippen molar-refractivity contribution in [2.24, 2.45) is 11.3 Å². The second-order valence-corrected chi connectivity index (χ2v) is 5.98. The van der Waals surface area contributed by atoms with Gasteiger partial charge in [0.25, 0.3) is 0 Å². The topological polar surface area (TPSA) is 50.4 Å². The average molecular weight is 240 g/mol. The molecule has 1 saturated carbocycles. The van der Waals surface area contributed by atoms with E-state index in [2.05, 4.69) is 24.5 Å². The number of rotatable bonds is 3. The standard InChI is InChI=1S/C13H24N2O2/c1-13(2)6-4-5-9(13)12(16)15-10-7-14-8-11(10)17-3/h9-11,14H,4-8H2,1-3H3,(H,15,16)/t9?,10?,11-/m0/s1. The first kappa shape index (κ1) is 12.8. The molecule has 0 aromatic rings. The second-order valence-electron chi connectivity index (χ2n) is 5.98. The maximum Gasteiger partial charge on any atom is 0.224 e. The Morgan fingerprint density at radius 2 is 2.18 bits per heavy atom. The van der Waals surface area contributed by atoms with Gasteiger partial charge in [-0.25, -0.2) is 0 Å². The second kappa shape index (κ2) is 4.94. The van der Waals surface area contributed by atoms with Gasteiger partial charge in [0, 0.05) is 26.1 Å². The number of amides is 1. The van der Waals surface area contributed by atoms with E-state index in [9.17, 15) is 4.79 Å². The Kier molecular flexibility index (Phi) is 3.73. The van der Waals surface area contributed by atoms with Gasteiger partial charge in [0.2, 0.25) is 5.91 Å². The van der Waals surface area contributed by atoms with Crippen molar-refractivity contribution in [2.45, 2.75) is 45.3 Å². The minimum absolute atomic E-state index is 0.114. The predicted molar refractivity (Wildman–Crippen MR) is 66.7 cm³/mol. The molecule has 98 valence electrons. The molecule has 2 unspecified atom stereocenters. The molecule has 0 radical (unpaired) electrons. The molecule has 1 aliphatic carbocycles. The lowest BCUT2D eigenvalue weighted by atomic mass is 9.81. The summed E-state index contributed by atoms with van der Waals surface area (Å²) < 4.78 is 5.36. The number of nitrogens with one attached hydrogen (secondary N) is 2. The SMILES string of the molecule is CO[C@H]1CNCC1NC(=O)C1CCCC1(C)C. The van der Waals surface area contributed by atoms with E-state index in [0.717, 1.165) is 25.9 Å². The summed E-state index contributed by atoms with van der Waals surface area (Å²) >= 11 is 0. The lowest BCUT2D eigenvalue weighted by molar-refractivity contribution is -0.128. The normalized spacial score (nSPS) is 36.1. The van der Waals surface area contributed by atoms with E-state index in [-0.39, 0.29) is 29.4 Å². The first-order valence-corrected chi connectivity index (χ1v) is 6.58. The van der Waals surface area contributed by atoms with Crippen molar-refractivity contribution in [1.82, 2.24) is 10.6 Å². The van der Waals surface area contributed by atoms with E-state index in [1.807, 2.05) is 0 Å². The highest BCUT2D eigenvalue weighted by molar-refractivity contribution is 5.80. The van der Waals surface area contributed by atoms with Gasteiger partial charge in [-0.15, -0.1) is 0 Å². The Morgan fingerprint density at radius 3 is 2.76 bits per heavy atom. The zero-order valence-electron chi connectivity index (χ0n) is 11.1. The molecular weight excluding hydrogens is 216 g/mol. The van der Waals surface area contributed by atoms with Crippen molar-refractivity contribution in [3.63, 3.8) is 0 Å². The molecule has 2 fully saturated rings. The molecule has 4 nitrogen and oxygen atoms in total. The third-order valence-corrected chi connectivity index (χ3v) is 4.36. The van der Waals surface area contributed by atoms with Gasteiger partial charge in [-0.1, -0.05) is 20.3 Å². The van der Waals surface area contributed by atoms with Gasteiger partial charge in [-0.05, 0) is 18.3 Å². The fraction of sp³-hybridized carbons (Fsp3) is 0.923. The molecule has 0 aromatic heterocycles. The van der Waals surface area contributed by atoms with Crippen LogP contribution in [-0.2, 0) is 9.53 Å². The summed E-state index contributed by atoms with van der Waals surface area (Å²) in [6.45, 7) is 6.04. The number of carbonyl (C=O) groups is 1. The molecular formula is C13H24N2O2. The summed E-state index contributed by atoms with van der Waals surface area (Å²) in [4.78, 5) is 12.3. The van der Waals surface area contributed by atoms with Crippen molar-refractivity contribution in [2.75, 3.05) is 20.2 Å². The monoisotopic (exact) mass is 240 g/mol. The highest BCUT2D eigenvalue weighted by Gasteiger charge is 2.40. The molecule has 2 aliphatic rings. The van der Waals surface area contributed by atoms with Crippen LogP contribution in [0.15, 0.2) is 0 Å². The third-order valence-electron chi connectivity index (χ3n) is 4.36. The first-order chi connectivity index (χ1) is 8.04. The van der Waals surface area contributed by atoms with Crippen LogP contribution in [-0.4, -0.2) is 38.3 Å². The Labute approximate surface area is 103 Å². The Balaban J connectivity index is 1.93. The van der Waals surface area contributed by atoms with E-state index < -0.39 is 0 Å². The minimum Gasteiger partial charge on any atom is -0.378 e. The summed E-state index contributed by atoms with van der Waals surface area (Å²) in [6, 6.07) is 0.129. The van der Waals surface area contributed by atoms with Crippen LogP contribution in [0.2, 0.25) is 0 Å². The summed E-state index contributed by atoms with van der Waals surface area (Å²) in [5.41, 5.74) is 0.151. The quantitative estimate of drug-likeness (QED) is 0.771. The largest absolute Gasteiger partial charge is 0.378 e. The van der Waals surface area contributed by atoms with Crippen LogP contribution in [0, 0.1) is 11.3 Å². The first-order valence-electron chi connectivity index (χ1n) is 6.58. The van der Waals surface area contributed by atoms with Gasteiger partial charge in [0.1, 0.15) is 0 Å². The average Bonchev–Trinajstić information content (AvgIpc) is 2.83. The van der Waals surface area contributed by atoms with Crippen molar-refractivity contribution in [1.29, 1.82) is 0 Å². The van der Waals surface area contributed by atoms with Crippen LogP contribution in [0.1, 0.15) is 33.1 Å². The van der Waals surface area contributed by atoms with Crippen molar-refractivity contribution < 1.29 is 9.53 Å². The fourth-order valence-electron chi connectivity index (χ4n) is 3.14. The predicted octanol–water partition coefficient (Wildman–Crippen LogP) is 0.916. The van der Waals surface area contributed by atoms with E-state index in [4.69, 9.17) is 4.74 Å². The Hall–Kier alpha value is -0.610. The highest BCUT2D eigenvalue weighted by atomic mass is 16.5. The van der Waals surface area contributed by atoms with Crippen molar-refractivity contribution >= 4 is 5.91 Å². The molecule has 0 aromatic carbocycles. The van der Waals surface area contributed by atoms with E-state index in [0.29, 0.717) is 0 Å². The van der Waals surface area contributed by atoms with Crippen LogP contribution < -0.4 is 10.6 Å². The van der Waals surface area contributed by atoms with Crippen molar-refractivity contribution in [3.05, 3.63) is 0 Å². The Morgan fingerprint density at radius 1 is 1.41 bits per heavy atom. The number of carbonyl (C=O) groups excluding carboxylic acids is 1. The van der Waals surface area contributed by atoms with Crippen LogP contribution in [0.4, 0.5) is 0 Å². The lowest BCUT2D eigenvalue weighted by Crippen LogP contribution is -2.47. The molecule has 0 bridgehead atoms. The molecule has 3 atom stereocenters.